The summed E-state index contributed by atoms with van der Waals surface area (Å²) in [6.45, 7) is 16.6. The minimum absolute atomic E-state index is 0.153. The van der Waals surface area contributed by atoms with Gasteiger partial charge in [0.15, 0.2) is 16.6 Å². The first-order valence-corrected chi connectivity index (χ1v) is 17.4. The maximum absolute atomic E-state index is 13.6. The molecule has 1 fully saturated rings. The van der Waals surface area contributed by atoms with Gasteiger partial charge >= 0.3 is 5.97 Å². The molecule has 48 heavy (non-hydrogen) atoms. The van der Waals surface area contributed by atoms with E-state index in [1.165, 1.54) is 0 Å². The number of aryl methyl sites for hydroxylation is 1. The number of esters is 1. The van der Waals surface area contributed by atoms with Crippen LogP contribution in [0.25, 0.3) is 11.5 Å². The third-order valence-electron chi connectivity index (χ3n) is 10.1. The first-order chi connectivity index (χ1) is 22.6. The van der Waals surface area contributed by atoms with Gasteiger partial charge in [0.1, 0.15) is 31.3 Å². The van der Waals surface area contributed by atoms with Crippen molar-refractivity contribution in [2.45, 2.75) is 109 Å². The molecule has 0 radical (unpaired) electrons. The maximum Gasteiger partial charge on any atom is 0.316 e. The number of rotatable bonds is 10. The van der Waals surface area contributed by atoms with Gasteiger partial charge < -0.3 is 30.5 Å². The number of hydrogen-bond donors (Lipinski definition) is 3. The van der Waals surface area contributed by atoms with Crippen molar-refractivity contribution in [3.05, 3.63) is 18.9 Å². The van der Waals surface area contributed by atoms with Crippen molar-refractivity contribution in [2.75, 3.05) is 25.9 Å². The summed E-state index contributed by atoms with van der Waals surface area (Å²) in [7, 11) is 3.66. The Balaban J connectivity index is 1.87. The van der Waals surface area contributed by atoms with Gasteiger partial charge in [-0.25, -0.2) is 0 Å². The topological polar surface area (TPSA) is 171 Å². The third kappa shape index (κ3) is 9.22. The van der Waals surface area contributed by atoms with Crippen molar-refractivity contribution < 1.29 is 24.2 Å². The van der Waals surface area contributed by atoms with Gasteiger partial charge in [-0.05, 0) is 65.2 Å². The molecule has 4 N–H and O–H groups in total. The van der Waals surface area contributed by atoms with Crippen molar-refractivity contribution in [3.63, 3.8) is 0 Å². The van der Waals surface area contributed by atoms with E-state index in [0.29, 0.717) is 49.1 Å². The molecule has 0 aliphatic carbocycles. The van der Waals surface area contributed by atoms with Gasteiger partial charge in [-0.1, -0.05) is 31.6 Å². The van der Waals surface area contributed by atoms with Crippen LogP contribution >= 0.6 is 11.5 Å². The molecule has 0 amide bonds. The van der Waals surface area contributed by atoms with Gasteiger partial charge in [0, 0.05) is 56.2 Å². The van der Waals surface area contributed by atoms with Crippen LogP contribution in [0.4, 0.5) is 5.13 Å². The normalized spacial score (nSPS) is 32.4. The summed E-state index contributed by atoms with van der Waals surface area (Å²) >= 11 is 1.10. The zero-order valence-electron chi connectivity index (χ0n) is 29.7. The highest BCUT2D eigenvalue weighted by molar-refractivity contribution is 7.09. The zero-order chi connectivity index (χ0) is 35.8. The monoisotopic (exact) mass is 684 g/mol. The second kappa shape index (κ2) is 16.9. The van der Waals surface area contributed by atoms with Crippen molar-refractivity contribution >= 4 is 36.3 Å². The standard InChI is InChI=1S/C33H53BN8O5S/c1-10-14-25-33(8,45)28(41(11-2)15-12-13-16-42-19-24(38-40-42)29-37-31(35)48-39-29)23(6)36-18-20(3)17-32(7,46-9)27(34)21(4)26(43)22(5)30(44)47-25/h2,10,19-23,25,27-28,36,45H,1,12-18,34H2,3-9H3,(H2,35,37,39)/t20-,21+,22-,23-,25-,27-,28-,32-,33-/m1/s1. The number of carbonyl (C=O) groups excluding carboxylic acids is 2. The number of ether oxygens (including phenoxy) is 2. The molecule has 264 valence electrons. The molecular weight excluding hydrogens is 631 g/mol. The van der Waals surface area contributed by atoms with Crippen molar-refractivity contribution in [1.29, 1.82) is 0 Å². The highest BCUT2D eigenvalue weighted by atomic mass is 32.1. The SMILES string of the molecule is B[C@@H]1[C@@H](C)C(=O)[C@@H](C)C(=O)O[C@H](CC=C)[C@@](C)(O)[C@H](N(C#C)CCCCn2cc(-c3nsc(N)n3)nn2)[C@@H](C)NC[C@H](C)C[C@@]1(C)OC. The molecule has 15 heteroatoms. The fraction of sp³-hybridized carbons (Fsp3) is 0.697. The highest BCUT2D eigenvalue weighted by Gasteiger charge is 2.48. The first kappa shape index (κ1) is 39.1. The molecule has 0 saturated carbocycles. The molecule has 3 heterocycles. The van der Waals surface area contributed by atoms with E-state index in [1.807, 2.05) is 28.6 Å². The Hall–Kier alpha value is -3.32. The number of terminal acetylenes is 1. The van der Waals surface area contributed by atoms with Gasteiger partial charge in [-0.3, -0.25) is 14.3 Å². The molecule has 0 unspecified atom stereocenters. The molecule has 0 spiro atoms. The van der Waals surface area contributed by atoms with E-state index in [9.17, 15) is 14.7 Å². The Morgan fingerprint density at radius 3 is 2.65 bits per heavy atom. The molecule has 0 aromatic carbocycles. The Bertz CT molecular complexity index is 1430. The number of nitrogens with one attached hydrogen (secondary N) is 1. The van der Waals surface area contributed by atoms with E-state index >= 15 is 0 Å². The summed E-state index contributed by atoms with van der Waals surface area (Å²) in [6.07, 6.45) is 10.7. The molecule has 2 aromatic rings. The quantitative estimate of drug-likeness (QED) is 0.0636. The van der Waals surface area contributed by atoms with E-state index < -0.39 is 41.2 Å². The molecule has 0 bridgehead atoms. The summed E-state index contributed by atoms with van der Waals surface area (Å²) < 4.78 is 17.9. The first-order valence-electron chi connectivity index (χ1n) is 16.7. The molecular formula is C33H53BN8O5S. The lowest BCUT2D eigenvalue weighted by Crippen LogP contribution is -2.64. The minimum atomic E-state index is -1.63. The highest BCUT2D eigenvalue weighted by Crippen LogP contribution is 2.38. The number of carbonyl (C=O) groups is 2. The van der Waals surface area contributed by atoms with Crippen LogP contribution in [0.1, 0.15) is 67.2 Å². The van der Waals surface area contributed by atoms with Crippen LogP contribution in [0.15, 0.2) is 18.9 Å². The van der Waals surface area contributed by atoms with Crippen LogP contribution in [0.5, 0.6) is 0 Å². The number of ketones is 1. The predicted molar refractivity (Wildman–Crippen MR) is 190 cm³/mol. The Labute approximate surface area is 290 Å². The second-order valence-electron chi connectivity index (χ2n) is 13.7. The number of anilines is 1. The van der Waals surface area contributed by atoms with E-state index in [-0.39, 0.29) is 30.0 Å². The lowest BCUT2D eigenvalue weighted by Gasteiger charge is -2.46. The number of nitrogens with zero attached hydrogens (tertiary/aromatic N) is 6. The fourth-order valence-corrected chi connectivity index (χ4v) is 7.22. The average molecular weight is 685 g/mol. The van der Waals surface area contributed by atoms with Gasteiger partial charge in [0.2, 0.25) is 0 Å². The molecule has 2 aromatic heterocycles. The summed E-state index contributed by atoms with van der Waals surface area (Å²) in [5.41, 5.74) is 4.00. The molecule has 1 saturated heterocycles. The number of cyclic esters (lactones) is 1. The van der Waals surface area contributed by atoms with Crippen LogP contribution in [0, 0.1) is 30.2 Å². The second-order valence-corrected chi connectivity index (χ2v) is 14.5. The Morgan fingerprint density at radius 1 is 1.33 bits per heavy atom. The lowest BCUT2D eigenvalue weighted by atomic mass is 9.62. The van der Waals surface area contributed by atoms with Crippen LogP contribution in [-0.2, 0) is 25.6 Å². The number of Topliss-reactive ketones (excluding diaryl/α,β-unsaturated/α-hetero) is 1. The number of hydrogen-bond acceptors (Lipinski definition) is 13. The number of nitrogen functional groups attached to an aromatic ring is 1. The maximum atomic E-state index is 13.6. The van der Waals surface area contributed by atoms with E-state index in [2.05, 4.69) is 44.5 Å². The van der Waals surface area contributed by atoms with Gasteiger partial charge in [0.05, 0.1) is 17.8 Å². The number of aliphatic hydroxyl groups is 1. The van der Waals surface area contributed by atoms with E-state index in [0.717, 1.165) is 18.0 Å². The van der Waals surface area contributed by atoms with Gasteiger partial charge in [0.25, 0.3) is 0 Å². The largest absolute Gasteiger partial charge is 0.458 e. The number of nitrogens with two attached hydrogens (primary N) is 1. The van der Waals surface area contributed by atoms with Crippen LogP contribution in [-0.4, -0.2) is 104 Å². The van der Waals surface area contributed by atoms with E-state index in [1.54, 1.807) is 42.8 Å². The number of methoxy groups -OCH3 is 1. The Morgan fingerprint density at radius 2 is 2.04 bits per heavy atom. The smallest absolute Gasteiger partial charge is 0.316 e. The lowest BCUT2D eigenvalue weighted by molar-refractivity contribution is -0.177. The molecule has 9 atom stereocenters. The van der Waals surface area contributed by atoms with Gasteiger partial charge in [-0.15, -0.1) is 11.7 Å². The minimum Gasteiger partial charge on any atom is -0.458 e. The van der Waals surface area contributed by atoms with Gasteiger partial charge in [-0.2, -0.15) is 9.36 Å². The molecule has 13 nitrogen and oxygen atoms in total. The van der Waals surface area contributed by atoms with E-state index in [4.69, 9.17) is 21.6 Å². The molecule has 1 aliphatic rings. The summed E-state index contributed by atoms with van der Waals surface area (Å²) in [6, 6.07) is 1.80. The van der Waals surface area contributed by atoms with Crippen molar-refractivity contribution in [2.24, 2.45) is 17.8 Å². The fourth-order valence-electron chi connectivity index (χ4n) is 6.77. The van der Waals surface area contributed by atoms with Crippen LogP contribution in [0.3, 0.4) is 0 Å². The van der Waals surface area contributed by atoms with Crippen molar-refractivity contribution in [1.82, 2.24) is 34.6 Å². The summed E-state index contributed by atoms with van der Waals surface area (Å²) in [5.74, 6) is -1.99. The summed E-state index contributed by atoms with van der Waals surface area (Å²) in [5, 5.41) is 24.6. The number of unbranched alkanes of at least 4 members (excludes halogenated alkanes) is 1. The Kier molecular flexibility index (Phi) is 13.8. The average Bonchev–Trinajstić information content (AvgIpc) is 3.71. The zero-order valence-corrected chi connectivity index (χ0v) is 30.5. The van der Waals surface area contributed by atoms with Crippen LogP contribution < -0.4 is 11.1 Å². The van der Waals surface area contributed by atoms with Crippen molar-refractivity contribution in [3.8, 4) is 24.0 Å². The number of aromatic nitrogens is 5. The van der Waals surface area contributed by atoms with Crippen LogP contribution in [0.2, 0.25) is 5.82 Å². The predicted octanol–water partition coefficient (Wildman–Crippen LogP) is 2.35. The third-order valence-corrected chi connectivity index (χ3v) is 10.6. The molecule has 3 rings (SSSR count). The molecule has 1 aliphatic heterocycles. The summed E-state index contributed by atoms with van der Waals surface area (Å²) in [4.78, 5) is 33.1.